The minimum atomic E-state index is 0.541. The van der Waals surface area contributed by atoms with E-state index in [2.05, 4.69) is 42.2 Å². The summed E-state index contributed by atoms with van der Waals surface area (Å²) in [6.07, 6.45) is 3.06. The highest BCUT2D eigenvalue weighted by molar-refractivity contribution is 5.38. The summed E-state index contributed by atoms with van der Waals surface area (Å²) in [5.41, 5.74) is 1.26. The number of likely N-dealkylation sites (N-methyl/N-ethyl adjacent to an activating group) is 1. The van der Waals surface area contributed by atoms with Gasteiger partial charge in [0.25, 0.3) is 0 Å². The number of likely N-dealkylation sites (tertiary alicyclic amines) is 1. The smallest absolute Gasteiger partial charge is 0.126 e. The number of aryl methyl sites for hydroxylation is 1. The second kappa shape index (κ2) is 4.19. The molecule has 2 rings (SSSR count). The SMILES string of the molecule is Cc1ccnc(NC2CC(C)N(C)C2)c1. The average Bonchev–Trinajstić information content (AvgIpc) is 2.45. The van der Waals surface area contributed by atoms with Gasteiger partial charge >= 0.3 is 0 Å². The third kappa shape index (κ3) is 2.48. The molecule has 3 nitrogen and oxygen atoms in total. The normalized spacial score (nSPS) is 26.9. The summed E-state index contributed by atoms with van der Waals surface area (Å²) in [5.74, 6) is 1.00. The van der Waals surface area contributed by atoms with Crippen molar-refractivity contribution in [3.05, 3.63) is 23.9 Å². The molecule has 0 amide bonds. The van der Waals surface area contributed by atoms with E-state index in [1.54, 1.807) is 0 Å². The van der Waals surface area contributed by atoms with E-state index in [9.17, 15) is 0 Å². The molecule has 1 aromatic heterocycles. The fourth-order valence-electron chi connectivity index (χ4n) is 2.12. The number of hydrogen-bond acceptors (Lipinski definition) is 3. The molecule has 1 aromatic rings. The largest absolute Gasteiger partial charge is 0.366 e. The maximum atomic E-state index is 4.32. The Bertz CT molecular complexity index is 327. The summed E-state index contributed by atoms with van der Waals surface area (Å²) >= 11 is 0. The summed E-state index contributed by atoms with van der Waals surface area (Å²) in [7, 11) is 2.18. The van der Waals surface area contributed by atoms with Crippen LogP contribution in [0.1, 0.15) is 18.9 Å². The van der Waals surface area contributed by atoms with Crippen molar-refractivity contribution in [1.29, 1.82) is 0 Å². The average molecular weight is 205 g/mol. The van der Waals surface area contributed by atoms with Crippen LogP contribution in [0.2, 0.25) is 0 Å². The van der Waals surface area contributed by atoms with Gasteiger partial charge in [-0.15, -0.1) is 0 Å². The van der Waals surface area contributed by atoms with Crippen molar-refractivity contribution >= 4 is 5.82 Å². The lowest BCUT2D eigenvalue weighted by Crippen LogP contribution is -2.25. The van der Waals surface area contributed by atoms with Crippen LogP contribution in [-0.4, -0.2) is 35.6 Å². The van der Waals surface area contributed by atoms with Gasteiger partial charge in [-0.1, -0.05) is 0 Å². The van der Waals surface area contributed by atoms with Gasteiger partial charge in [-0.05, 0) is 45.0 Å². The third-order valence-corrected chi connectivity index (χ3v) is 3.15. The van der Waals surface area contributed by atoms with Crippen molar-refractivity contribution < 1.29 is 0 Å². The molecule has 15 heavy (non-hydrogen) atoms. The first-order chi connectivity index (χ1) is 7.15. The lowest BCUT2D eigenvalue weighted by atomic mass is 10.2. The van der Waals surface area contributed by atoms with Crippen LogP contribution in [0.3, 0.4) is 0 Å². The van der Waals surface area contributed by atoms with Crippen LogP contribution in [0.25, 0.3) is 0 Å². The van der Waals surface area contributed by atoms with Crippen LogP contribution in [0.15, 0.2) is 18.3 Å². The number of hydrogen-bond donors (Lipinski definition) is 1. The van der Waals surface area contributed by atoms with Crippen LogP contribution in [0.4, 0.5) is 5.82 Å². The van der Waals surface area contributed by atoms with Crippen molar-refractivity contribution in [3.8, 4) is 0 Å². The summed E-state index contributed by atoms with van der Waals surface area (Å²) in [6, 6.07) is 5.34. The fraction of sp³-hybridized carbons (Fsp3) is 0.583. The first-order valence-electron chi connectivity index (χ1n) is 5.54. The second-order valence-corrected chi connectivity index (χ2v) is 4.58. The Labute approximate surface area is 91.5 Å². The van der Waals surface area contributed by atoms with Crippen LogP contribution in [0, 0.1) is 6.92 Å². The lowest BCUT2D eigenvalue weighted by Gasteiger charge is -2.13. The van der Waals surface area contributed by atoms with E-state index in [-0.39, 0.29) is 0 Å². The Morgan fingerprint density at radius 3 is 2.93 bits per heavy atom. The van der Waals surface area contributed by atoms with E-state index in [0.717, 1.165) is 12.4 Å². The van der Waals surface area contributed by atoms with Gasteiger partial charge in [0.15, 0.2) is 0 Å². The van der Waals surface area contributed by atoms with Crippen LogP contribution in [-0.2, 0) is 0 Å². The lowest BCUT2D eigenvalue weighted by molar-refractivity contribution is 0.330. The van der Waals surface area contributed by atoms with E-state index in [0.29, 0.717) is 12.1 Å². The Morgan fingerprint density at radius 1 is 1.53 bits per heavy atom. The molecule has 0 saturated carbocycles. The first-order valence-corrected chi connectivity index (χ1v) is 5.54. The van der Waals surface area contributed by atoms with Crippen molar-refractivity contribution in [1.82, 2.24) is 9.88 Å². The molecule has 0 aromatic carbocycles. The predicted octanol–water partition coefficient (Wildman–Crippen LogP) is 1.89. The minimum absolute atomic E-state index is 0.541. The molecule has 1 aliphatic rings. The van der Waals surface area contributed by atoms with Crippen molar-refractivity contribution in [3.63, 3.8) is 0 Å². The molecule has 1 aliphatic heterocycles. The van der Waals surface area contributed by atoms with Crippen molar-refractivity contribution in [2.24, 2.45) is 0 Å². The van der Waals surface area contributed by atoms with E-state index >= 15 is 0 Å². The minimum Gasteiger partial charge on any atom is -0.366 e. The number of anilines is 1. The molecule has 0 bridgehead atoms. The van der Waals surface area contributed by atoms with Gasteiger partial charge in [0.2, 0.25) is 0 Å². The zero-order valence-corrected chi connectivity index (χ0v) is 9.70. The molecular formula is C12H19N3. The summed E-state index contributed by atoms with van der Waals surface area (Å²) < 4.78 is 0. The first kappa shape index (κ1) is 10.4. The maximum Gasteiger partial charge on any atom is 0.126 e. The fourth-order valence-corrected chi connectivity index (χ4v) is 2.12. The quantitative estimate of drug-likeness (QED) is 0.799. The second-order valence-electron chi connectivity index (χ2n) is 4.58. The molecule has 1 N–H and O–H groups in total. The van der Waals surface area contributed by atoms with E-state index in [1.165, 1.54) is 12.0 Å². The highest BCUT2D eigenvalue weighted by atomic mass is 15.2. The van der Waals surface area contributed by atoms with Gasteiger partial charge in [0.1, 0.15) is 5.82 Å². The summed E-state index contributed by atoms with van der Waals surface area (Å²) in [6.45, 7) is 5.47. The number of pyridine rings is 1. The van der Waals surface area contributed by atoms with Crippen LogP contribution in [0.5, 0.6) is 0 Å². The Hall–Kier alpha value is -1.09. The van der Waals surface area contributed by atoms with Crippen molar-refractivity contribution in [2.75, 3.05) is 18.9 Å². The molecule has 0 radical (unpaired) electrons. The number of nitrogens with zero attached hydrogens (tertiary/aromatic N) is 2. The topological polar surface area (TPSA) is 28.2 Å². The van der Waals surface area contributed by atoms with Crippen LogP contribution < -0.4 is 5.32 Å². The zero-order valence-electron chi connectivity index (χ0n) is 9.70. The number of aromatic nitrogens is 1. The van der Waals surface area contributed by atoms with Gasteiger partial charge in [-0.25, -0.2) is 4.98 Å². The van der Waals surface area contributed by atoms with Crippen molar-refractivity contribution in [2.45, 2.75) is 32.4 Å². The standard InChI is InChI=1S/C12H19N3/c1-9-4-5-13-12(6-9)14-11-7-10(2)15(3)8-11/h4-6,10-11H,7-8H2,1-3H3,(H,13,14). The predicted molar refractivity (Wildman–Crippen MR) is 63.1 cm³/mol. The van der Waals surface area contributed by atoms with Gasteiger partial charge in [-0.3, -0.25) is 0 Å². The van der Waals surface area contributed by atoms with E-state index in [1.807, 2.05) is 12.3 Å². The number of nitrogens with one attached hydrogen (secondary N) is 1. The molecule has 0 aliphatic carbocycles. The maximum absolute atomic E-state index is 4.32. The molecule has 2 unspecified atom stereocenters. The van der Waals surface area contributed by atoms with Crippen LogP contribution >= 0.6 is 0 Å². The molecule has 1 fully saturated rings. The molecular weight excluding hydrogens is 186 g/mol. The van der Waals surface area contributed by atoms with E-state index in [4.69, 9.17) is 0 Å². The zero-order chi connectivity index (χ0) is 10.8. The van der Waals surface area contributed by atoms with E-state index < -0.39 is 0 Å². The summed E-state index contributed by atoms with van der Waals surface area (Å²) in [4.78, 5) is 6.71. The molecule has 82 valence electrons. The van der Waals surface area contributed by atoms with Gasteiger partial charge in [0, 0.05) is 24.8 Å². The number of rotatable bonds is 2. The highest BCUT2D eigenvalue weighted by Gasteiger charge is 2.25. The van der Waals surface area contributed by atoms with Gasteiger partial charge in [0.05, 0.1) is 0 Å². The highest BCUT2D eigenvalue weighted by Crippen LogP contribution is 2.18. The Balaban J connectivity index is 1.98. The van der Waals surface area contributed by atoms with Gasteiger partial charge < -0.3 is 10.2 Å². The molecule has 2 atom stereocenters. The third-order valence-electron chi connectivity index (χ3n) is 3.15. The molecule has 1 saturated heterocycles. The summed E-state index contributed by atoms with van der Waals surface area (Å²) in [5, 5.41) is 3.49. The monoisotopic (exact) mass is 205 g/mol. The Morgan fingerprint density at radius 2 is 2.33 bits per heavy atom. The molecule has 0 spiro atoms. The molecule has 2 heterocycles. The molecule has 3 heteroatoms. The Kier molecular flexibility index (Phi) is 2.91. The van der Waals surface area contributed by atoms with Gasteiger partial charge in [-0.2, -0.15) is 0 Å².